The first-order chi connectivity index (χ1) is 8.52. The van der Waals surface area contributed by atoms with Crippen LogP contribution in [0.5, 0.6) is 5.75 Å². The molecule has 0 aliphatic rings. The van der Waals surface area contributed by atoms with Crippen molar-refractivity contribution in [3.05, 3.63) is 23.2 Å². The molecule has 1 amide bonds. The topological polar surface area (TPSA) is 87.7 Å². The fraction of sp³-hybridized carbons (Fsp3) is 0.273. The molecule has 0 aliphatic carbocycles. The van der Waals surface area contributed by atoms with E-state index >= 15 is 0 Å². The van der Waals surface area contributed by atoms with Gasteiger partial charge in [0.1, 0.15) is 5.75 Å². The van der Waals surface area contributed by atoms with Crippen LogP contribution < -0.4 is 15.4 Å². The molecule has 0 radical (unpaired) electrons. The fourth-order valence-corrected chi connectivity index (χ4v) is 1.49. The van der Waals surface area contributed by atoms with Gasteiger partial charge in [-0.25, -0.2) is 0 Å². The molecule has 0 aromatic heterocycles. The zero-order chi connectivity index (χ0) is 13.5. The van der Waals surface area contributed by atoms with E-state index in [4.69, 9.17) is 21.4 Å². The van der Waals surface area contributed by atoms with Crippen molar-refractivity contribution < 1.29 is 19.4 Å². The van der Waals surface area contributed by atoms with Crippen LogP contribution in [-0.2, 0) is 9.59 Å². The lowest BCUT2D eigenvalue weighted by Crippen LogP contribution is -2.31. The minimum absolute atomic E-state index is 0.0874. The van der Waals surface area contributed by atoms with E-state index in [0.29, 0.717) is 16.5 Å². The number of halogens is 1. The first-order valence-electron chi connectivity index (χ1n) is 5.09. The van der Waals surface area contributed by atoms with Gasteiger partial charge in [-0.05, 0) is 18.2 Å². The Labute approximate surface area is 109 Å². The van der Waals surface area contributed by atoms with E-state index in [2.05, 4.69) is 10.6 Å². The maximum Gasteiger partial charge on any atom is 0.317 e. The van der Waals surface area contributed by atoms with E-state index in [1.807, 2.05) is 0 Å². The molecule has 1 rings (SSSR count). The highest BCUT2D eigenvalue weighted by Crippen LogP contribution is 2.26. The lowest BCUT2D eigenvalue weighted by molar-refractivity contribution is -0.135. The SMILES string of the molecule is COc1ccc(NC(=O)CNCC(=O)O)cc1Cl. The third-order valence-electron chi connectivity index (χ3n) is 2.00. The van der Waals surface area contributed by atoms with Gasteiger partial charge >= 0.3 is 5.97 Å². The molecule has 0 heterocycles. The molecular weight excluding hydrogens is 260 g/mol. The Hall–Kier alpha value is -1.79. The van der Waals surface area contributed by atoms with E-state index < -0.39 is 5.97 Å². The second-order valence-corrected chi connectivity index (χ2v) is 3.80. The second kappa shape index (κ2) is 6.83. The maximum atomic E-state index is 11.4. The number of methoxy groups -OCH3 is 1. The van der Waals surface area contributed by atoms with Gasteiger partial charge in [0.05, 0.1) is 25.2 Å². The summed E-state index contributed by atoms with van der Waals surface area (Å²) in [5, 5.41) is 13.8. The normalized spacial score (nSPS) is 9.89. The van der Waals surface area contributed by atoms with Crippen LogP contribution in [0.15, 0.2) is 18.2 Å². The van der Waals surface area contributed by atoms with Gasteiger partial charge in [0.25, 0.3) is 0 Å². The predicted molar refractivity (Wildman–Crippen MR) is 67.1 cm³/mol. The lowest BCUT2D eigenvalue weighted by Gasteiger charge is -2.08. The Bertz CT molecular complexity index is 451. The van der Waals surface area contributed by atoms with E-state index in [1.165, 1.54) is 7.11 Å². The maximum absolute atomic E-state index is 11.4. The predicted octanol–water partition coefficient (Wildman–Crippen LogP) is 0.961. The minimum Gasteiger partial charge on any atom is -0.495 e. The van der Waals surface area contributed by atoms with Crippen LogP contribution >= 0.6 is 11.6 Å². The highest BCUT2D eigenvalue weighted by Gasteiger charge is 2.06. The summed E-state index contributed by atoms with van der Waals surface area (Å²) in [6.45, 7) is -0.354. The molecule has 0 bridgehead atoms. The van der Waals surface area contributed by atoms with Gasteiger partial charge < -0.3 is 15.2 Å². The Balaban J connectivity index is 2.49. The Kier molecular flexibility index (Phi) is 5.41. The monoisotopic (exact) mass is 272 g/mol. The summed E-state index contributed by atoms with van der Waals surface area (Å²) >= 11 is 5.89. The Morgan fingerprint density at radius 1 is 1.39 bits per heavy atom. The summed E-state index contributed by atoms with van der Waals surface area (Å²) in [5.41, 5.74) is 0.517. The van der Waals surface area contributed by atoms with Crippen LogP contribution in [0.4, 0.5) is 5.69 Å². The van der Waals surface area contributed by atoms with Crippen molar-refractivity contribution in [1.82, 2.24) is 5.32 Å². The van der Waals surface area contributed by atoms with Crippen LogP contribution in [0.1, 0.15) is 0 Å². The molecule has 1 aromatic carbocycles. The van der Waals surface area contributed by atoms with Gasteiger partial charge in [-0.3, -0.25) is 14.9 Å². The van der Waals surface area contributed by atoms with Crippen molar-refractivity contribution in [1.29, 1.82) is 0 Å². The molecule has 7 heteroatoms. The molecule has 3 N–H and O–H groups in total. The van der Waals surface area contributed by atoms with Crippen molar-refractivity contribution in [3.63, 3.8) is 0 Å². The standard InChI is InChI=1S/C11H13ClN2O4/c1-18-9-3-2-7(4-8(9)12)14-10(15)5-13-6-11(16)17/h2-4,13H,5-6H2,1H3,(H,14,15)(H,16,17). The molecule has 6 nitrogen and oxygen atoms in total. The number of carbonyl (C=O) groups excluding carboxylic acids is 1. The minimum atomic E-state index is -1.02. The van der Waals surface area contributed by atoms with Crippen LogP contribution in [0.25, 0.3) is 0 Å². The second-order valence-electron chi connectivity index (χ2n) is 3.39. The number of carbonyl (C=O) groups is 2. The lowest BCUT2D eigenvalue weighted by atomic mass is 10.3. The number of anilines is 1. The smallest absolute Gasteiger partial charge is 0.317 e. The van der Waals surface area contributed by atoms with Crippen molar-refractivity contribution >= 4 is 29.2 Å². The summed E-state index contributed by atoms with van der Waals surface area (Å²) in [7, 11) is 1.50. The highest BCUT2D eigenvalue weighted by molar-refractivity contribution is 6.32. The molecule has 0 saturated heterocycles. The third kappa shape index (κ3) is 4.60. The van der Waals surface area contributed by atoms with Crippen molar-refractivity contribution in [3.8, 4) is 5.75 Å². The van der Waals surface area contributed by atoms with E-state index in [0.717, 1.165) is 0 Å². The number of aliphatic carboxylic acids is 1. The zero-order valence-electron chi connectivity index (χ0n) is 9.70. The number of carboxylic acid groups (broad SMARTS) is 1. The van der Waals surface area contributed by atoms with Crippen molar-refractivity contribution in [2.24, 2.45) is 0 Å². The quantitative estimate of drug-likeness (QED) is 0.718. The Morgan fingerprint density at radius 3 is 2.67 bits per heavy atom. The molecule has 18 heavy (non-hydrogen) atoms. The molecular formula is C11H13ClN2O4. The van der Waals surface area contributed by atoms with E-state index in [9.17, 15) is 9.59 Å². The van der Waals surface area contributed by atoms with Gasteiger partial charge in [0.2, 0.25) is 5.91 Å². The highest BCUT2D eigenvalue weighted by atomic mass is 35.5. The summed E-state index contributed by atoms with van der Waals surface area (Å²) in [5.74, 6) is -0.855. The van der Waals surface area contributed by atoms with E-state index in [-0.39, 0.29) is 19.0 Å². The number of carboxylic acids is 1. The van der Waals surface area contributed by atoms with Gasteiger partial charge in [-0.1, -0.05) is 11.6 Å². The number of ether oxygens (including phenoxy) is 1. The van der Waals surface area contributed by atoms with Gasteiger partial charge in [0, 0.05) is 5.69 Å². The van der Waals surface area contributed by atoms with Gasteiger partial charge in [0.15, 0.2) is 0 Å². The van der Waals surface area contributed by atoms with Crippen molar-refractivity contribution in [2.45, 2.75) is 0 Å². The number of benzene rings is 1. The van der Waals surface area contributed by atoms with Gasteiger partial charge in [-0.2, -0.15) is 0 Å². The summed E-state index contributed by atoms with van der Waals surface area (Å²) in [6, 6.07) is 4.82. The van der Waals surface area contributed by atoms with Gasteiger partial charge in [-0.15, -0.1) is 0 Å². The molecule has 0 atom stereocenters. The van der Waals surface area contributed by atoms with Crippen LogP contribution in [0.2, 0.25) is 5.02 Å². The molecule has 0 fully saturated rings. The fourth-order valence-electron chi connectivity index (χ4n) is 1.23. The largest absolute Gasteiger partial charge is 0.495 e. The molecule has 0 saturated carbocycles. The zero-order valence-corrected chi connectivity index (χ0v) is 10.5. The summed E-state index contributed by atoms with van der Waals surface area (Å²) < 4.78 is 4.97. The van der Waals surface area contributed by atoms with E-state index in [1.54, 1.807) is 18.2 Å². The number of nitrogens with one attached hydrogen (secondary N) is 2. The molecule has 0 spiro atoms. The molecule has 0 unspecified atom stereocenters. The average molecular weight is 273 g/mol. The molecule has 1 aromatic rings. The number of rotatable bonds is 6. The number of hydrogen-bond acceptors (Lipinski definition) is 4. The van der Waals surface area contributed by atoms with Crippen LogP contribution in [-0.4, -0.2) is 37.2 Å². The first-order valence-corrected chi connectivity index (χ1v) is 5.46. The summed E-state index contributed by atoms with van der Waals surface area (Å²) in [4.78, 5) is 21.6. The number of amides is 1. The summed E-state index contributed by atoms with van der Waals surface area (Å²) in [6.07, 6.45) is 0. The Morgan fingerprint density at radius 2 is 2.11 bits per heavy atom. The van der Waals surface area contributed by atoms with Crippen LogP contribution in [0.3, 0.4) is 0 Å². The first kappa shape index (κ1) is 14.3. The molecule has 0 aliphatic heterocycles. The van der Waals surface area contributed by atoms with Crippen LogP contribution in [0, 0.1) is 0 Å². The molecule has 98 valence electrons. The van der Waals surface area contributed by atoms with Crippen molar-refractivity contribution in [2.75, 3.05) is 25.5 Å². The number of hydrogen-bond donors (Lipinski definition) is 3. The average Bonchev–Trinajstić information content (AvgIpc) is 2.28. The third-order valence-corrected chi connectivity index (χ3v) is 2.29.